The third-order valence-corrected chi connectivity index (χ3v) is 6.92. The number of anilines is 1. The first-order chi connectivity index (χ1) is 13.8. The van der Waals surface area contributed by atoms with Crippen molar-refractivity contribution >= 4 is 21.6 Å². The van der Waals surface area contributed by atoms with Gasteiger partial charge in [0.2, 0.25) is 15.9 Å². The molecule has 158 valence electrons. The van der Waals surface area contributed by atoms with Crippen molar-refractivity contribution in [2.75, 3.05) is 45.2 Å². The fourth-order valence-electron chi connectivity index (χ4n) is 3.32. The minimum absolute atomic E-state index is 0.161. The van der Waals surface area contributed by atoms with E-state index in [-0.39, 0.29) is 17.3 Å². The number of benzene rings is 1. The molecule has 3 rings (SSSR count). The SMILES string of the molecule is CCn1cc(S(=O)(=O)N2CCN(CC(=O)Nc3ccccc3OC)CC2)c(C)n1. The molecule has 1 aromatic heterocycles. The third-order valence-electron chi connectivity index (χ3n) is 4.92. The number of para-hydroxylation sites is 2. The summed E-state index contributed by atoms with van der Waals surface area (Å²) in [5.74, 6) is 0.436. The van der Waals surface area contributed by atoms with E-state index in [1.165, 1.54) is 4.31 Å². The van der Waals surface area contributed by atoms with Gasteiger partial charge >= 0.3 is 0 Å². The first kappa shape index (κ1) is 21.3. The fourth-order valence-corrected chi connectivity index (χ4v) is 4.91. The van der Waals surface area contributed by atoms with E-state index in [0.29, 0.717) is 49.9 Å². The summed E-state index contributed by atoms with van der Waals surface area (Å²) in [5.41, 5.74) is 1.12. The van der Waals surface area contributed by atoms with Crippen molar-refractivity contribution in [3.05, 3.63) is 36.2 Å². The Morgan fingerprint density at radius 3 is 2.52 bits per heavy atom. The molecular formula is C19H27N5O4S. The summed E-state index contributed by atoms with van der Waals surface area (Å²) in [5, 5.41) is 7.08. The number of hydrogen-bond acceptors (Lipinski definition) is 6. The number of rotatable bonds is 7. The van der Waals surface area contributed by atoms with Gasteiger partial charge in [0, 0.05) is 38.9 Å². The number of aromatic nitrogens is 2. The summed E-state index contributed by atoms with van der Waals surface area (Å²) in [4.78, 5) is 14.6. The van der Waals surface area contributed by atoms with Crippen LogP contribution in [0.15, 0.2) is 35.4 Å². The zero-order chi connectivity index (χ0) is 21.0. The van der Waals surface area contributed by atoms with Gasteiger partial charge in [0.1, 0.15) is 10.6 Å². The van der Waals surface area contributed by atoms with Gasteiger partial charge in [0.25, 0.3) is 0 Å². The number of methoxy groups -OCH3 is 1. The normalized spacial score (nSPS) is 16.0. The molecule has 2 aromatic rings. The number of nitrogens with zero attached hydrogens (tertiary/aromatic N) is 4. The molecule has 9 nitrogen and oxygen atoms in total. The average molecular weight is 422 g/mol. The summed E-state index contributed by atoms with van der Waals surface area (Å²) < 4.78 is 34.2. The maximum absolute atomic E-state index is 12.9. The molecule has 0 atom stereocenters. The van der Waals surface area contributed by atoms with Gasteiger partial charge in [-0.2, -0.15) is 9.40 Å². The maximum atomic E-state index is 12.9. The summed E-state index contributed by atoms with van der Waals surface area (Å²) in [6, 6.07) is 7.21. The molecule has 0 unspecified atom stereocenters. The van der Waals surface area contributed by atoms with Crippen molar-refractivity contribution in [2.24, 2.45) is 0 Å². The molecule has 0 saturated carbocycles. The van der Waals surface area contributed by atoms with E-state index < -0.39 is 10.0 Å². The second-order valence-electron chi connectivity index (χ2n) is 6.86. The number of ether oxygens (including phenoxy) is 1. The van der Waals surface area contributed by atoms with E-state index in [1.807, 2.05) is 24.0 Å². The van der Waals surface area contributed by atoms with Gasteiger partial charge in [-0.05, 0) is 26.0 Å². The van der Waals surface area contributed by atoms with Crippen LogP contribution in [0.1, 0.15) is 12.6 Å². The Labute approximate surface area is 171 Å². The monoisotopic (exact) mass is 421 g/mol. The van der Waals surface area contributed by atoms with Crippen LogP contribution in [0.5, 0.6) is 5.75 Å². The minimum atomic E-state index is -3.59. The number of sulfonamides is 1. The number of carbonyl (C=O) groups excluding carboxylic acids is 1. The van der Waals surface area contributed by atoms with Crippen LogP contribution in [0.2, 0.25) is 0 Å². The van der Waals surface area contributed by atoms with Crippen molar-refractivity contribution < 1.29 is 17.9 Å². The summed E-state index contributed by atoms with van der Waals surface area (Å²) in [7, 11) is -2.03. The number of hydrogen-bond donors (Lipinski definition) is 1. The van der Waals surface area contributed by atoms with Crippen LogP contribution in [0, 0.1) is 6.92 Å². The Hall–Kier alpha value is -2.43. The van der Waals surface area contributed by atoms with Gasteiger partial charge in [-0.3, -0.25) is 14.4 Å². The summed E-state index contributed by atoms with van der Waals surface area (Å²) in [6.45, 7) is 6.07. The largest absolute Gasteiger partial charge is 0.495 e. The molecule has 0 radical (unpaired) electrons. The van der Waals surface area contributed by atoms with E-state index in [1.54, 1.807) is 37.0 Å². The number of carbonyl (C=O) groups is 1. The molecule has 1 aromatic carbocycles. The first-order valence-corrected chi connectivity index (χ1v) is 11.0. The lowest BCUT2D eigenvalue weighted by Crippen LogP contribution is -2.50. The highest BCUT2D eigenvalue weighted by molar-refractivity contribution is 7.89. The Morgan fingerprint density at radius 1 is 1.21 bits per heavy atom. The zero-order valence-corrected chi connectivity index (χ0v) is 17.8. The fraction of sp³-hybridized carbons (Fsp3) is 0.474. The van der Waals surface area contributed by atoms with Gasteiger partial charge in [0.05, 0.1) is 25.0 Å². The highest BCUT2D eigenvalue weighted by Gasteiger charge is 2.31. The lowest BCUT2D eigenvalue weighted by Gasteiger charge is -2.33. The standard InChI is InChI=1S/C19H27N5O4S/c1-4-23-13-18(15(2)21-23)29(26,27)24-11-9-22(10-12-24)14-19(25)20-16-7-5-6-8-17(16)28-3/h5-8,13H,4,9-12,14H2,1-3H3,(H,20,25). The predicted molar refractivity (Wildman–Crippen MR) is 109 cm³/mol. The summed E-state index contributed by atoms with van der Waals surface area (Å²) in [6.07, 6.45) is 1.58. The van der Waals surface area contributed by atoms with Crippen molar-refractivity contribution in [3.8, 4) is 5.75 Å². The van der Waals surface area contributed by atoms with Gasteiger partial charge in [-0.25, -0.2) is 8.42 Å². The Morgan fingerprint density at radius 2 is 1.90 bits per heavy atom. The molecule has 1 aliphatic rings. The van der Waals surface area contributed by atoms with E-state index in [0.717, 1.165) is 0 Å². The lowest BCUT2D eigenvalue weighted by molar-refractivity contribution is -0.117. The molecule has 1 amide bonds. The molecular weight excluding hydrogens is 394 g/mol. The number of aryl methyl sites for hydroxylation is 2. The van der Waals surface area contributed by atoms with Crippen molar-refractivity contribution in [2.45, 2.75) is 25.3 Å². The zero-order valence-electron chi connectivity index (χ0n) is 17.0. The molecule has 0 spiro atoms. The Kier molecular flexibility index (Phi) is 6.56. The van der Waals surface area contributed by atoms with Crippen LogP contribution in [0.3, 0.4) is 0 Å². The molecule has 2 heterocycles. The van der Waals surface area contributed by atoms with Crippen LogP contribution in [0.25, 0.3) is 0 Å². The van der Waals surface area contributed by atoms with Crippen LogP contribution >= 0.6 is 0 Å². The molecule has 10 heteroatoms. The molecule has 0 aliphatic carbocycles. The number of nitrogens with one attached hydrogen (secondary N) is 1. The third kappa shape index (κ3) is 4.77. The summed E-state index contributed by atoms with van der Waals surface area (Å²) >= 11 is 0. The molecule has 0 bridgehead atoms. The van der Waals surface area contributed by atoms with Gasteiger partial charge in [0.15, 0.2) is 0 Å². The highest BCUT2D eigenvalue weighted by atomic mass is 32.2. The van der Waals surface area contributed by atoms with Crippen LogP contribution < -0.4 is 10.1 Å². The van der Waals surface area contributed by atoms with E-state index in [2.05, 4.69) is 10.4 Å². The predicted octanol–water partition coefficient (Wildman–Crippen LogP) is 1.17. The molecule has 1 N–H and O–H groups in total. The molecule has 1 aliphatic heterocycles. The van der Waals surface area contributed by atoms with Gasteiger partial charge in [-0.1, -0.05) is 12.1 Å². The Balaban J connectivity index is 1.57. The maximum Gasteiger partial charge on any atom is 0.246 e. The van der Waals surface area contributed by atoms with Gasteiger partial charge < -0.3 is 10.1 Å². The second-order valence-corrected chi connectivity index (χ2v) is 8.77. The average Bonchev–Trinajstić information content (AvgIpc) is 3.10. The van der Waals surface area contributed by atoms with E-state index >= 15 is 0 Å². The van der Waals surface area contributed by atoms with Crippen molar-refractivity contribution in [1.29, 1.82) is 0 Å². The van der Waals surface area contributed by atoms with Crippen LogP contribution in [-0.4, -0.2) is 73.1 Å². The first-order valence-electron chi connectivity index (χ1n) is 9.54. The van der Waals surface area contributed by atoms with Crippen molar-refractivity contribution in [1.82, 2.24) is 19.0 Å². The topological polar surface area (TPSA) is 96.8 Å². The number of amides is 1. The number of piperazine rings is 1. The second kappa shape index (κ2) is 8.93. The Bertz CT molecular complexity index is 965. The minimum Gasteiger partial charge on any atom is -0.495 e. The van der Waals surface area contributed by atoms with E-state index in [4.69, 9.17) is 4.74 Å². The van der Waals surface area contributed by atoms with Crippen LogP contribution in [0.4, 0.5) is 5.69 Å². The van der Waals surface area contributed by atoms with Gasteiger partial charge in [-0.15, -0.1) is 0 Å². The smallest absolute Gasteiger partial charge is 0.246 e. The molecule has 29 heavy (non-hydrogen) atoms. The highest BCUT2D eigenvalue weighted by Crippen LogP contribution is 2.23. The molecule has 1 fully saturated rings. The van der Waals surface area contributed by atoms with Crippen LogP contribution in [-0.2, 0) is 21.4 Å². The van der Waals surface area contributed by atoms with Crippen molar-refractivity contribution in [3.63, 3.8) is 0 Å². The lowest BCUT2D eigenvalue weighted by atomic mass is 10.3. The van der Waals surface area contributed by atoms with E-state index in [9.17, 15) is 13.2 Å². The quantitative estimate of drug-likeness (QED) is 0.721. The molecule has 1 saturated heterocycles.